The van der Waals surface area contributed by atoms with Crippen LogP contribution in [0.5, 0.6) is 0 Å². The number of hydrogen-bond donors (Lipinski definition) is 1. The van der Waals surface area contributed by atoms with Gasteiger partial charge in [-0.05, 0) is 24.3 Å². The Morgan fingerprint density at radius 2 is 1.85 bits per heavy atom. The molecule has 0 bridgehead atoms. The van der Waals surface area contributed by atoms with Crippen LogP contribution in [0.4, 0.5) is 0 Å². The van der Waals surface area contributed by atoms with Crippen molar-refractivity contribution in [2.45, 2.75) is 32.1 Å². The summed E-state index contributed by atoms with van der Waals surface area (Å²) in [6, 6.07) is 0. The smallest absolute Gasteiger partial charge is 0.0510 e. The molecule has 0 aromatic heterocycles. The van der Waals surface area contributed by atoms with Crippen LogP contribution in [0.3, 0.4) is 0 Å². The van der Waals surface area contributed by atoms with E-state index in [1.54, 1.807) is 0 Å². The summed E-state index contributed by atoms with van der Waals surface area (Å²) in [4.78, 5) is 0. The van der Waals surface area contributed by atoms with E-state index in [0.717, 1.165) is 31.6 Å². The minimum absolute atomic E-state index is 0.656. The van der Waals surface area contributed by atoms with Crippen molar-refractivity contribution in [2.24, 2.45) is 23.5 Å². The number of hydrogen-bond acceptors (Lipinski definition) is 2. The van der Waals surface area contributed by atoms with Gasteiger partial charge < -0.3 is 10.5 Å². The largest absolute Gasteiger partial charge is 0.381 e. The maximum Gasteiger partial charge on any atom is 0.0510 e. The SMILES string of the molecule is NCC1COCC1C1CCCCC1. The van der Waals surface area contributed by atoms with E-state index in [2.05, 4.69) is 0 Å². The number of rotatable bonds is 2. The lowest BCUT2D eigenvalue weighted by atomic mass is 9.75. The van der Waals surface area contributed by atoms with E-state index < -0.39 is 0 Å². The van der Waals surface area contributed by atoms with E-state index in [4.69, 9.17) is 10.5 Å². The van der Waals surface area contributed by atoms with Gasteiger partial charge in [0.05, 0.1) is 13.2 Å². The van der Waals surface area contributed by atoms with Crippen molar-refractivity contribution in [3.8, 4) is 0 Å². The van der Waals surface area contributed by atoms with Gasteiger partial charge in [-0.3, -0.25) is 0 Å². The lowest BCUT2D eigenvalue weighted by Crippen LogP contribution is -2.29. The Morgan fingerprint density at radius 3 is 2.54 bits per heavy atom. The molecule has 13 heavy (non-hydrogen) atoms. The standard InChI is InChI=1S/C11H21NO/c12-6-10-7-13-8-11(10)9-4-2-1-3-5-9/h9-11H,1-8,12H2. The van der Waals surface area contributed by atoms with Crippen molar-refractivity contribution in [3.05, 3.63) is 0 Å². The summed E-state index contributed by atoms with van der Waals surface area (Å²) in [5.74, 6) is 2.36. The predicted octanol–water partition coefficient (Wildman–Crippen LogP) is 1.79. The molecular weight excluding hydrogens is 162 g/mol. The highest BCUT2D eigenvalue weighted by atomic mass is 16.5. The summed E-state index contributed by atoms with van der Waals surface area (Å²) in [7, 11) is 0. The fraction of sp³-hybridized carbons (Fsp3) is 1.00. The van der Waals surface area contributed by atoms with Crippen LogP contribution < -0.4 is 5.73 Å². The Balaban J connectivity index is 1.90. The van der Waals surface area contributed by atoms with Crippen molar-refractivity contribution in [1.82, 2.24) is 0 Å². The Bertz CT molecular complexity index is 154. The molecule has 0 radical (unpaired) electrons. The third kappa shape index (κ3) is 2.05. The molecule has 2 N–H and O–H groups in total. The Hall–Kier alpha value is -0.0800. The van der Waals surface area contributed by atoms with E-state index in [1.807, 2.05) is 0 Å². The average Bonchev–Trinajstić information content (AvgIpc) is 2.67. The first-order valence-corrected chi connectivity index (χ1v) is 5.69. The molecule has 1 aliphatic carbocycles. The molecule has 1 saturated heterocycles. The first kappa shape index (κ1) is 9.47. The van der Waals surface area contributed by atoms with Gasteiger partial charge in [0.1, 0.15) is 0 Å². The maximum absolute atomic E-state index is 5.75. The van der Waals surface area contributed by atoms with Crippen LogP contribution in [0.1, 0.15) is 32.1 Å². The first-order chi connectivity index (χ1) is 6.42. The maximum atomic E-state index is 5.75. The van der Waals surface area contributed by atoms with Crippen LogP contribution in [0, 0.1) is 17.8 Å². The highest BCUT2D eigenvalue weighted by Crippen LogP contribution is 2.36. The van der Waals surface area contributed by atoms with E-state index in [1.165, 1.54) is 32.1 Å². The molecule has 2 unspecified atom stereocenters. The molecule has 1 saturated carbocycles. The molecule has 2 nitrogen and oxygen atoms in total. The number of nitrogens with two attached hydrogens (primary N) is 1. The van der Waals surface area contributed by atoms with Crippen molar-refractivity contribution >= 4 is 0 Å². The second-order valence-corrected chi connectivity index (χ2v) is 4.60. The number of ether oxygens (including phenoxy) is 1. The highest BCUT2D eigenvalue weighted by molar-refractivity contribution is 4.83. The van der Waals surface area contributed by atoms with E-state index >= 15 is 0 Å². The molecule has 2 fully saturated rings. The molecule has 2 atom stereocenters. The first-order valence-electron chi connectivity index (χ1n) is 5.69. The van der Waals surface area contributed by atoms with Crippen molar-refractivity contribution < 1.29 is 4.74 Å². The van der Waals surface area contributed by atoms with Gasteiger partial charge in [-0.25, -0.2) is 0 Å². The Morgan fingerprint density at radius 1 is 1.08 bits per heavy atom. The van der Waals surface area contributed by atoms with Crippen LogP contribution in [-0.2, 0) is 4.74 Å². The van der Waals surface area contributed by atoms with Gasteiger partial charge >= 0.3 is 0 Å². The zero-order valence-corrected chi connectivity index (χ0v) is 8.37. The fourth-order valence-corrected chi connectivity index (χ4v) is 2.94. The molecule has 0 aromatic rings. The summed E-state index contributed by atoms with van der Waals surface area (Å²) in [5, 5.41) is 0. The molecule has 0 amide bonds. The van der Waals surface area contributed by atoms with Crippen LogP contribution in [0.25, 0.3) is 0 Å². The Kier molecular flexibility index (Phi) is 3.23. The molecule has 0 spiro atoms. The van der Waals surface area contributed by atoms with Gasteiger partial charge in [-0.2, -0.15) is 0 Å². The van der Waals surface area contributed by atoms with E-state index in [9.17, 15) is 0 Å². The zero-order valence-electron chi connectivity index (χ0n) is 8.37. The van der Waals surface area contributed by atoms with Crippen molar-refractivity contribution in [1.29, 1.82) is 0 Å². The van der Waals surface area contributed by atoms with E-state index in [0.29, 0.717) is 5.92 Å². The molecule has 1 heterocycles. The minimum Gasteiger partial charge on any atom is -0.381 e. The lowest BCUT2D eigenvalue weighted by molar-refractivity contribution is 0.160. The highest BCUT2D eigenvalue weighted by Gasteiger charge is 2.33. The van der Waals surface area contributed by atoms with Gasteiger partial charge in [0, 0.05) is 0 Å². The van der Waals surface area contributed by atoms with E-state index in [-0.39, 0.29) is 0 Å². The fourth-order valence-electron chi connectivity index (χ4n) is 2.94. The summed E-state index contributed by atoms with van der Waals surface area (Å²) < 4.78 is 5.53. The quantitative estimate of drug-likeness (QED) is 0.708. The van der Waals surface area contributed by atoms with Crippen LogP contribution >= 0.6 is 0 Å². The predicted molar refractivity (Wildman–Crippen MR) is 53.4 cm³/mol. The second-order valence-electron chi connectivity index (χ2n) is 4.60. The molecule has 2 heteroatoms. The van der Waals surface area contributed by atoms with Crippen LogP contribution in [0.15, 0.2) is 0 Å². The van der Waals surface area contributed by atoms with Gasteiger partial charge in [0.25, 0.3) is 0 Å². The third-order valence-corrected chi connectivity index (χ3v) is 3.81. The van der Waals surface area contributed by atoms with Crippen molar-refractivity contribution in [3.63, 3.8) is 0 Å². The zero-order chi connectivity index (χ0) is 9.10. The molecule has 0 aromatic carbocycles. The lowest BCUT2D eigenvalue weighted by Gasteiger charge is -2.29. The van der Waals surface area contributed by atoms with Crippen molar-refractivity contribution in [2.75, 3.05) is 19.8 Å². The second kappa shape index (κ2) is 4.43. The molecule has 2 rings (SSSR count). The van der Waals surface area contributed by atoms with Gasteiger partial charge in [0.15, 0.2) is 0 Å². The van der Waals surface area contributed by atoms with Gasteiger partial charge in [-0.1, -0.05) is 32.1 Å². The van der Waals surface area contributed by atoms with Crippen LogP contribution in [0.2, 0.25) is 0 Å². The summed E-state index contributed by atoms with van der Waals surface area (Å²) in [6.45, 7) is 2.71. The van der Waals surface area contributed by atoms with Gasteiger partial charge in [-0.15, -0.1) is 0 Å². The average molecular weight is 183 g/mol. The normalized spacial score (nSPS) is 36.7. The van der Waals surface area contributed by atoms with Gasteiger partial charge in [0.2, 0.25) is 0 Å². The molecule has 1 aliphatic heterocycles. The molecule has 2 aliphatic rings. The summed E-state index contributed by atoms with van der Waals surface area (Å²) in [6.07, 6.45) is 7.14. The molecule has 76 valence electrons. The summed E-state index contributed by atoms with van der Waals surface area (Å²) in [5.41, 5.74) is 5.75. The monoisotopic (exact) mass is 183 g/mol. The topological polar surface area (TPSA) is 35.2 Å². The molecular formula is C11H21NO. The minimum atomic E-state index is 0.656. The third-order valence-electron chi connectivity index (χ3n) is 3.81. The Labute approximate surface area is 80.8 Å². The summed E-state index contributed by atoms with van der Waals surface area (Å²) >= 11 is 0. The van der Waals surface area contributed by atoms with Crippen LogP contribution in [-0.4, -0.2) is 19.8 Å².